The number of hydrogen-bond donors (Lipinski definition) is 1. The third-order valence-corrected chi connectivity index (χ3v) is 3.69. The summed E-state index contributed by atoms with van der Waals surface area (Å²) < 4.78 is 3.79. The van der Waals surface area contributed by atoms with Gasteiger partial charge in [-0.15, -0.1) is 0 Å². The number of hydrogen-bond acceptors (Lipinski definition) is 3. The van der Waals surface area contributed by atoms with Crippen LogP contribution in [0.2, 0.25) is 0 Å². The zero-order valence-electron chi connectivity index (χ0n) is 10.8. The van der Waals surface area contributed by atoms with Gasteiger partial charge in [0.2, 0.25) is 0 Å². The summed E-state index contributed by atoms with van der Waals surface area (Å²) in [6, 6.07) is 2.34. The van der Waals surface area contributed by atoms with Gasteiger partial charge in [0.25, 0.3) is 0 Å². The van der Waals surface area contributed by atoms with Crippen LogP contribution in [0.5, 0.6) is 0 Å². The van der Waals surface area contributed by atoms with E-state index in [4.69, 9.17) is 12.2 Å². The number of halogens is 1. The Bertz CT molecular complexity index is 602. The molecule has 2 aromatic rings. The number of aromatic amines is 1. The van der Waals surface area contributed by atoms with Crippen LogP contribution in [0.15, 0.2) is 16.7 Å². The van der Waals surface area contributed by atoms with Crippen LogP contribution in [0.25, 0.3) is 11.2 Å². The van der Waals surface area contributed by atoms with Gasteiger partial charge in [-0.3, -0.25) is 4.57 Å². The van der Waals surface area contributed by atoms with Crippen molar-refractivity contribution in [1.29, 1.82) is 0 Å². The largest absolute Gasteiger partial charge is 0.329 e. The highest BCUT2D eigenvalue weighted by Gasteiger charge is 2.12. The van der Waals surface area contributed by atoms with Crippen LogP contribution in [-0.4, -0.2) is 40.1 Å². The monoisotopic (exact) mass is 328 g/mol. The highest BCUT2D eigenvalue weighted by molar-refractivity contribution is 9.10. The van der Waals surface area contributed by atoms with Gasteiger partial charge in [0.05, 0.1) is 5.52 Å². The summed E-state index contributed by atoms with van der Waals surface area (Å²) in [5.74, 6) is 0. The number of imidazole rings is 1. The Morgan fingerprint density at radius 2 is 2.28 bits per heavy atom. The second-order valence-corrected chi connectivity index (χ2v) is 6.07. The van der Waals surface area contributed by atoms with Crippen LogP contribution >= 0.6 is 28.1 Å². The number of H-pyrrole nitrogens is 1. The number of rotatable bonds is 4. The second kappa shape index (κ2) is 5.50. The van der Waals surface area contributed by atoms with Crippen molar-refractivity contribution in [2.45, 2.75) is 19.4 Å². The summed E-state index contributed by atoms with van der Waals surface area (Å²) >= 11 is 8.81. The maximum Gasteiger partial charge on any atom is 0.179 e. The van der Waals surface area contributed by atoms with Crippen molar-refractivity contribution in [2.24, 2.45) is 0 Å². The smallest absolute Gasteiger partial charge is 0.179 e. The van der Waals surface area contributed by atoms with E-state index in [1.165, 1.54) is 0 Å². The van der Waals surface area contributed by atoms with Gasteiger partial charge in [-0.1, -0.05) is 0 Å². The van der Waals surface area contributed by atoms with Crippen LogP contribution in [0.4, 0.5) is 0 Å². The van der Waals surface area contributed by atoms with E-state index in [-0.39, 0.29) is 0 Å². The van der Waals surface area contributed by atoms with Gasteiger partial charge in [0, 0.05) is 16.7 Å². The molecule has 4 nitrogen and oxygen atoms in total. The number of nitrogens with one attached hydrogen (secondary N) is 1. The van der Waals surface area contributed by atoms with Crippen molar-refractivity contribution in [3.8, 4) is 0 Å². The normalized spacial score (nSPS) is 13.4. The molecular formula is C12H17BrN4S. The maximum atomic E-state index is 5.39. The minimum Gasteiger partial charge on any atom is -0.329 e. The Morgan fingerprint density at radius 3 is 2.94 bits per heavy atom. The van der Waals surface area contributed by atoms with Crippen molar-refractivity contribution in [3.05, 3.63) is 21.5 Å². The third kappa shape index (κ3) is 2.81. The molecule has 0 radical (unpaired) electrons. The van der Waals surface area contributed by atoms with Crippen LogP contribution in [0.3, 0.4) is 0 Å². The lowest BCUT2D eigenvalue weighted by Gasteiger charge is -2.16. The molecule has 0 saturated carbocycles. The Kier molecular flexibility index (Phi) is 4.19. The Balaban J connectivity index is 2.38. The third-order valence-electron chi connectivity index (χ3n) is 2.96. The van der Waals surface area contributed by atoms with E-state index in [2.05, 4.69) is 56.4 Å². The first kappa shape index (κ1) is 13.7. The van der Waals surface area contributed by atoms with Crippen LogP contribution < -0.4 is 0 Å². The summed E-state index contributed by atoms with van der Waals surface area (Å²) in [5, 5.41) is 0. The first-order valence-electron chi connectivity index (χ1n) is 5.89. The molecule has 0 aromatic carbocycles. The van der Waals surface area contributed by atoms with Gasteiger partial charge >= 0.3 is 0 Å². The highest BCUT2D eigenvalue weighted by Crippen LogP contribution is 2.22. The predicted octanol–water partition coefficient (Wildman–Crippen LogP) is 3.37. The van der Waals surface area contributed by atoms with Gasteiger partial charge in [-0.25, -0.2) is 4.98 Å². The van der Waals surface area contributed by atoms with Gasteiger partial charge in [-0.05, 0) is 68.2 Å². The van der Waals surface area contributed by atoms with E-state index in [0.717, 1.165) is 33.4 Å². The highest BCUT2D eigenvalue weighted by atomic mass is 79.9. The quantitative estimate of drug-likeness (QED) is 0.874. The zero-order chi connectivity index (χ0) is 13.3. The maximum absolute atomic E-state index is 5.39. The molecule has 98 valence electrons. The van der Waals surface area contributed by atoms with Crippen molar-refractivity contribution < 1.29 is 0 Å². The molecule has 2 heterocycles. The van der Waals surface area contributed by atoms with Crippen LogP contribution in [0, 0.1) is 4.77 Å². The number of fused-ring (bicyclic) bond motifs is 1. The predicted molar refractivity (Wildman–Crippen MR) is 80.5 cm³/mol. The molecule has 0 saturated heterocycles. The van der Waals surface area contributed by atoms with Gasteiger partial charge < -0.3 is 9.88 Å². The summed E-state index contributed by atoms with van der Waals surface area (Å²) in [5.41, 5.74) is 1.90. The molecule has 0 amide bonds. The lowest BCUT2D eigenvalue weighted by molar-refractivity contribution is 0.359. The molecule has 2 aromatic heterocycles. The van der Waals surface area contributed by atoms with Crippen molar-refractivity contribution in [1.82, 2.24) is 19.4 Å². The number of aromatic nitrogens is 3. The van der Waals surface area contributed by atoms with Crippen molar-refractivity contribution in [2.75, 3.05) is 20.6 Å². The average Bonchev–Trinajstić information content (AvgIpc) is 2.61. The van der Waals surface area contributed by atoms with Gasteiger partial charge in [0.1, 0.15) is 0 Å². The molecule has 0 bridgehead atoms. The SMILES string of the molecule is CC(CCN(C)C)n1c(=S)[nH]c2cc(Br)cnc21. The first-order valence-corrected chi connectivity index (χ1v) is 7.09. The standard InChI is InChI=1S/C12H17BrN4S/c1-8(4-5-16(2)3)17-11-10(15-12(17)18)6-9(13)7-14-11/h6-8H,4-5H2,1-3H3,(H,15,18). The average molecular weight is 329 g/mol. The van der Waals surface area contributed by atoms with E-state index in [1.54, 1.807) is 6.20 Å². The fourth-order valence-electron chi connectivity index (χ4n) is 1.97. The Labute approximate surface area is 120 Å². The summed E-state index contributed by atoms with van der Waals surface area (Å²) in [6.07, 6.45) is 2.85. The lowest BCUT2D eigenvalue weighted by atomic mass is 10.2. The second-order valence-electron chi connectivity index (χ2n) is 4.77. The fraction of sp³-hybridized carbons (Fsp3) is 0.500. The summed E-state index contributed by atoms with van der Waals surface area (Å²) in [7, 11) is 4.16. The Morgan fingerprint density at radius 1 is 1.56 bits per heavy atom. The Hall–Kier alpha value is -0.720. The molecule has 6 heteroatoms. The lowest BCUT2D eigenvalue weighted by Crippen LogP contribution is -2.17. The fourth-order valence-corrected chi connectivity index (χ4v) is 2.68. The summed E-state index contributed by atoms with van der Waals surface area (Å²) in [6.45, 7) is 3.21. The molecule has 2 rings (SSSR count). The van der Waals surface area contributed by atoms with E-state index in [1.807, 2.05) is 6.07 Å². The summed E-state index contributed by atoms with van der Waals surface area (Å²) in [4.78, 5) is 9.84. The molecule has 0 aliphatic rings. The van der Waals surface area contributed by atoms with Crippen molar-refractivity contribution >= 4 is 39.3 Å². The van der Waals surface area contributed by atoms with Gasteiger partial charge in [0.15, 0.2) is 10.4 Å². The topological polar surface area (TPSA) is 36.9 Å². The molecule has 0 aliphatic heterocycles. The molecule has 18 heavy (non-hydrogen) atoms. The van der Waals surface area contributed by atoms with Crippen LogP contribution in [0.1, 0.15) is 19.4 Å². The van der Waals surface area contributed by atoms with E-state index < -0.39 is 0 Å². The zero-order valence-corrected chi connectivity index (χ0v) is 13.2. The number of nitrogens with zero attached hydrogens (tertiary/aromatic N) is 3. The van der Waals surface area contributed by atoms with Crippen molar-refractivity contribution in [3.63, 3.8) is 0 Å². The molecule has 1 unspecified atom stereocenters. The van der Waals surface area contributed by atoms with E-state index in [0.29, 0.717) is 6.04 Å². The van der Waals surface area contributed by atoms with Crippen LogP contribution in [-0.2, 0) is 0 Å². The molecular weight excluding hydrogens is 312 g/mol. The number of pyridine rings is 1. The first-order chi connectivity index (χ1) is 8.49. The molecule has 0 aliphatic carbocycles. The van der Waals surface area contributed by atoms with Gasteiger partial charge in [-0.2, -0.15) is 0 Å². The minimum absolute atomic E-state index is 0.335. The molecule has 0 spiro atoms. The molecule has 0 fully saturated rings. The van der Waals surface area contributed by atoms with E-state index >= 15 is 0 Å². The molecule has 1 N–H and O–H groups in total. The minimum atomic E-state index is 0.335. The van der Waals surface area contributed by atoms with E-state index in [9.17, 15) is 0 Å². The molecule has 1 atom stereocenters.